The summed E-state index contributed by atoms with van der Waals surface area (Å²) in [6, 6.07) is 0. The van der Waals surface area contributed by atoms with Crippen molar-refractivity contribution in [1.82, 2.24) is 4.98 Å². The molecule has 1 unspecified atom stereocenters. The number of aryl methyl sites for hydroxylation is 2. The highest BCUT2D eigenvalue weighted by molar-refractivity contribution is 7.92. The molecule has 0 bridgehead atoms. The molecule has 1 heterocycles. The molecule has 1 aliphatic carbocycles. The lowest BCUT2D eigenvalue weighted by Crippen LogP contribution is -2.31. The number of fused-ring (bicyclic) bond motifs is 1. The van der Waals surface area contributed by atoms with Crippen LogP contribution in [0.25, 0.3) is 0 Å². The monoisotopic (exact) mass is 316 g/mol. The molecule has 20 heavy (non-hydrogen) atoms. The van der Waals surface area contributed by atoms with E-state index in [9.17, 15) is 13.2 Å². The zero-order chi connectivity index (χ0) is 14.8. The molecule has 5 nitrogen and oxygen atoms in total. The van der Waals surface area contributed by atoms with Gasteiger partial charge in [0.25, 0.3) is 0 Å². The van der Waals surface area contributed by atoms with E-state index in [-0.39, 0.29) is 0 Å². The van der Waals surface area contributed by atoms with Gasteiger partial charge in [0.2, 0.25) is 5.91 Å². The smallest absolute Gasteiger partial charge is 0.244 e. The third-order valence-electron chi connectivity index (χ3n) is 3.59. The summed E-state index contributed by atoms with van der Waals surface area (Å²) in [6.07, 6.45) is 7.77. The Bertz CT molecular complexity index is 567. The summed E-state index contributed by atoms with van der Waals surface area (Å²) >= 11 is 1.48. The van der Waals surface area contributed by atoms with Crippen LogP contribution in [0.4, 0.5) is 5.13 Å². The van der Waals surface area contributed by atoms with Crippen LogP contribution in [0.1, 0.15) is 43.2 Å². The summed E-state index contributed by atoms with van der Waals surface area (Å²) in [5.74, 6) is -0.505. The Labute approximate surface area is 123 Å². The fraction of sp³-hybridized carbons (Fsp3) is 0.692. The first-order valence-corrected chi connectivity index (χ1v) is 9.63. The predicted octanol–water partition coefficient (Wildman–Crippen LogP) is 2.17. The van der Waals surface area contributed by atoms with E-state index in [0.29, 0.717) is 5.13 Å². The van der Waals surface area contributed by atoms with Gasteiger partial charge in [-0.1, -0.05) is 12.8 Å². The average Bonchev–Trinajstić information content (AvgIpc) is 2.68. The minimum atomic E-state index is -3.37. The highest BCUT2D eigenvalue weighted by Gasteiger charge is 2.25. The van der Waals surface area contributed by atoms with Crippen molar-refractivity contribution in [2.24, 2.45) is 0 Å². The number of carbonyl (C=O) groups excluding carboxylic acids is 1. The largest absolute Gasteiger partial charge is 0.301 e. The van der Waals surface area contributed by atoms with Gasteiger partial charge in [-0.25, -0.2) is 13.4 Å². The van der Waals surface area contributed by atoms with Gasteiger partial charge in [0, 0.05) is 11.1 Å². The van der Waals surface area contributed by atoms with Gasteiger partial charge in [-0.3, -0.25) is 4.79 Å². The van der Waals surface area contributed by atoms with Crippen LogP contribution in [0.15, 0.2) is 0 Å². The van der Waals surface area contributed by atoms with Gasteiger partial charge in [0.1, 0.15) is 5.25 Å². The standard InChI is InChI=1S/C13H20N2O3S2/c1-9(20(2,17)18)12(16)15-13-14-10-7-5-3-4-6-8-11(10)19-13/h9H,3-8H2,1-2H3,(H,14,15,16). The lowest BCUT2D eigenvalue weighted by atomic mass is 10.0. The van der Waals surface area contributed by atoms with Crippen molar-refractivity contribution in [3.63, 3.8) is 0 Å². The first kappa shape index (κ1) is 15.4. The molecule has 0 aromatic carbocycles. The first-order chi connectivity index (χ1) is 9.38. The quantitative estimate of drug-likeness (QED) is 0.927. The summed E-state index contributed by atoms with van der Waals surface area (Å²) in [5.41, 5.74) is 1.07. The van der Waals surface area contributed by atoms with E-state index in [2.05, 4.69) is 10.3 Å². The van der Waals surface area contributed by atoms with E-state index in [1.165, 1.54) is 36.0 Å². The zero-order valence-electron chi connectivity index (χ0n) is 11.8. The van der Waals surface area contributed by atoms with Gasteiger partial charge in [-0.15, -0.1) is 11.3 Å². The van der Waals surface area contributed by atoms with E-state index < -0.39 is 21.0 Å². The topological polar surface area (TPSA) is 76.1 Å². The maximum absolute atomic E-state index is 11.9. The Morgan fingerprint density at radius 1 is 1.25 bits per heavy atom. The molecule has 1 atom stereocenters. The second-order valence-electron chi connectivity index (χ2n) is 5.26. The van der Waals surface area contributed by atoms with Crippen LogP contribution in [0.2, 0.25) is 0 Å². The molecule has 1 N–H and O–H groups in total. The molecule has 0 spiro atoms. The number of sulfone groups is 1. The summed E-state index contributed by atoms with van der Waals surface area (Å²) in [5, 5.41) is 2.11. The molecule has 0 aliphatic heterocycles. The van der Waals surface area contributed by atoms with Crippen molar-refractivity contribution < 1.29 is 13.2 Å². The van der Waals surface area contributed by atoms with Crippen molar-refractivity contribution in [3.05, 3.63) is 10.6 Å². The number of anilines is 1. The molecule has 0 saturated carbocycles. The van der Waals surface area contributed by atoms with Gasteiger partial charge in [-0.2, -0.15) is 0 Å². The molecule has 7 heteroatoms. The van der Waals surface area contributed by atoms with E-state index in [1.807, 2.05) is 0 Å². The van der Waals surface area contributed by atoms with Gasteiger partial charge < -0.3 is 5.32 Å². The number of hydrogen-bond donors (Lipinski definition) is 1. The van der Waals surface area contributed by atoms with Crippen LogP contribution < -0.4 is 5.32 Å². The number of hydrogen-bond acceptors (Lipinski definition) is 5. The Kier molecular flexibility index (Phi) is 4.80. The number of aromatic nitrogens is 1. The van der Waals surface area contributed by atoms with Crippen LogP contribution in [0.5, 0.6) is 0 Å². The Morgan fingerprint density at radius 3 is 2.55 bits per heavy atom. The van der Waals surface area contributed by atoms with E-state index in [4.69, 9.17) is 0 Å². The summed E-state index contributed by atoms with van der Waals surface area (Å²) in [6.45, 7) is 1.40. The zero-order valence-corrected chi connectivity index (χ0v) is 13.4. The molecule has 1 amide bonds. The molecule has 1 aliphatic rings. The van der Waals surface area contributed by atoms with Crippen LogP contribution in [0.3, 0.4) is 0 Å². The van der Waals surface area contributed by atoms with Gasteiger partial charge in [-0.05, 0) is 32.6 Å². The second kappa shape index (κ2) is 6.22. The van der Waals surface area contributed by atoms with Crippen LogP contribution in [0, 0.1) is 0 Å². The SMILES string of the molecule is CC(C(=O)Nc1nc2c(s1)CCCCCC2)S(C)(=O)=O. The predicted molar refractivity (Wildman–Crippen MR) is 80.9 cm³/mol. The summed E-state index contributed by atoms with van der Waals surface area (Å²) in [7, 11) is -3.37. The Hall–Kier alpha value is -0.950. The van der Waals surface area contributed by atoms with E-state index in [1.54, 1.807) is 0 Å². The maximum Gasteiger partial charge on any atom is 0.244 e. The summed E-state index contributed by atoms with van der Waals surface area (Å²) < 4.78 is 22.7. The van der Waals surface area contributed by atoms with Crippen molar-refractivity contribution in [3.8, 4) is 0 Å². The van der Waals surface area contributed by atoms with Crippen LogP contribution in [-0.4, -0.2) is 30.8 Å². The number of rotatable bonds is 3. The minimum Gasteiger partial charge on any atom is -0.301 e. The van der Waals surface area contributed by atoms with Crippen molar-refractivity contribution >= 4 is 32.2 Å². The molecule has 1 aromatic heterocycles. The number of nitrogens with one attached hydrogen (secondary N) is 1. The molecule has 0 fully saturated rings. The molecule has 1 aromatic rings. The van der Waals surface area contributed by atoms with Crippen molar-refractivity contribution in [2.45, 2.75) is 50.7 Å². The lowest BCUT2D eigenvalue weighted by molar-refractivity contribution is -0.115. The molecular formula is C13H20N2O3S2. The highest BCUT2D eigenvalue weighted by Crippen LogP contribution is 2.28. The summed E-state index contributed by atoms with van der Waals surface area (Å²) in [4.78, 5) is 17.6. The third-order valence-corrected chi connectivity index (χ3v) is 6.16. The van der Waals surface area contributed by atoms with Crippen LogP contribution in [-0.2, 0) is 27.5 Å². The second-order valence-corrected chi connectivity index (χ2v) is 8.71. The number of amides is 1. The fourth-order valence-electron chi connectivity index (χ4n) is 2.16. The van der Waals surface area contributed by atoms with Gasteiger partial charge in [0.05, 0.1) is 5.69 Å². The average molecular weight is 316 g/mol. The minimum absolute atomic E-state index is 0.505. The number of nitrogens with zero attached hydrogens (tertiary/aromatic N) is 1. The molecule has 2 rings (SSSR count). The van der Waals surface area contributed by atoms with Gasteiger partial charge in [0.15, 0.2) is 15.0 Å². The molecule has 112 valence electrons. The lowest BCUT2D eigenvalue weighted by Gasteiger charge is -2.07. The fourth-order valence-corrected chi connectivity index (χ4v) is 3.66. The number of thiazole rings is 1. The first-order valence-electron chi connectivity index (χ1n) is 6.86. The molecule has 0 radical (unpaired) electrons. The highest BCUT2D eigenvalue weighted by atomic mass is 32.2. The Balaban J connectivity index is 2.10. The normalized spacial score (nSPS) is 17.7. The van der Waals surface area contributed by atoms with E-state index >= 15 is 0 Å². The van der Waals surface area contributed by atoms with Crippen LogP contribution >= 0.6 is 11.3 Å². The molecular weight excluding hydrogens is 296 g/mol. The Morgan fingerprint density at radius 2 is 1.90 bits per heavy atom. The van der Waals surface area contributed by atoms with Gasteiger partial charge >= 0.3 is 0 Å². The molecule has 0 saturated heterocycles. The number of carbonyl (C=O) groups is 1. The maximum atomic E-state index is 11.9. The van der Waals surface area contributed by atoms with E-state index in [0.717, 1.165) is 37.6 Å². The third kappa shape index (κ3) is 3.79. The van der Waals surface area contributed by atoms with Crippen molar-refractivity contribution in [1.29, 1.82) is 0 Å². The van der Waals surface area contributed by atoms with Crippen molar-refractivity contribution in [2.75, 3.05) is 11.6 Å².